The van der Waals surface area contributed by atoms with Crippen molar-refractivity contribution in [1.29, 1.82) is 0 Å². The smallest absolute Gasteiger partial charge is 0.0382 e. The van der Waals surface area contributed by atoms with E-state index in [1.807, 2.05) is 25.2 Å². The van der Waals surface area contributed by atoms with Gasteiger partial charge in [0.2, 0.25) is 0 Å². The molecule has 0 aliphatic heterocycles. The molecule has 0 nitrogen and oxygen atoms in total. The number of allylic oxidation sites excluding steroid dienone is 4. The van der Waals surface area contributed by atoms with Gasteiger partial charge in [-0.2, -0.15) is 0 Å². The summed E-state index contributed by atoms with van der Waals surface area (Å²) in [6.07, 6.45) is 10.6. The molecule has 0 aromatic heterocycles. The van der Waals surface area contributed by atoms with Crippen molar-refractivity contribution >= 4 is 0 Å². The first kappa shape index (κ1) is 23.6. The van der Waals surface area contributed by atoms with E-state index in [2.05, 4.69) is 47.1 Å². The summed E-state index contributed by atoms with van der Waals surface area (Å²) in [4.78, 5) is 0. The molecular weight excluding hydrogens is 180 g/mol. The predicted octanol–water partition coefficient (Wildman–Crippen LogP) is 5.94. The van der Waals surface area contributed by atoms with Crippen molar-refractivity contribution in [3.63, 3.8) is 0 Å². The third-order valence-electron chi connectivity index (χ3n) is 0.866. The molecule has 0 aromatic carbocycles. The summed E-state index contributed by atoms with van der Waals surface area (Å²) in [7, 11) is 0. The summed E-state index contributed by atoms with van der Waals surface area (Å²) >= 11 is 0. The Bertz CT molecular complexity index is 90.2. The lowest BCUT2D eigenvalue weighted by Crippen LogP contribution is -1.36. The lowest BCUT2D eigenvalue weighted by molar-refractivity contribution is 1.23. The van der Waals surface area contributed by atoms with E-state index >= 15 is 0 Å². The minimum absolute atomic E-state index is 1.08. The molecule has 0 aromatic rings. The van der Waals surface area contributed by atoms with Crippen LogP contribution in [0.2, 0.25) is 0 Å². The van der Waals surface area contributed by atoms with Gasteiger partial charge in [-0.25, -0.2) is 0 Å². The first-order valence-corrected chi connectivity index (χ1v) is 5.56. The van der Waals surface area contributed by atoms with E-state index in [1.165, 1.54) is 0 Å². The third-order valence-corrected chi connectivity index (χ3v) is 0.866. The Hall–Kier alpha value is -1.04. The van der Waals surface area contributed by atoms with E-state index in [4.69, 9.17) is 0 Å². The molecule has 15 heavy (non-hydrogen) atoms. The SMILES string of the molecule is C=CC.C=CCC.C=CCC.C=CCC. The number of hydrogen-bond donors (Lipinski definition) is 0. The van der Waals surface area contributed by atoms with Crippen LogP contribution >= 0.6 is 0 Å². The van der Waals surface area contributed by atoms with Gasteiger partial charge in [-0.3, -0.25) is 0 Å². The van der Waals surface area contributed by atoms with E-state index < -0.39 is 0 Å². The molecular formula is C15H30. The number of rotatable bonds is 3. The fourth-order valence-electron chi connectivity index (χ4n) is 0. The Balaban J connectivity index is -0.0000000542. The van der Waals surface area contributed by atoms with Crippen molar-refractivity contribution in [1.82, 2.24) is 0 Å². The van der Waals surface area contributed by atoms with Crippen molar-refractivity contribution in [2.45, 2.75) is 47.0 Å². The highest BCUT2D eigenvalue weighted by molar-refractivity contribution is 4.60. The van der Waals surface area contributed by atoms with Crippen LogP contribution in [0.25, 0.3) is 0 Å². The lowest BCUT2D eigenvalue weighted by Gasteiger charge is -1.57. The second kappa shape index (κ2) is 52.2. The van der Waals surface area contributed by atoms with Crippen LogP contribution in [0.3, 0.4) is 0 Å². The maximum Gasteiger partial charge on any atom is -0.0382 e. The van der Waals surface area contributed by atoms with Crippen molar-refractivity contribution in [3.05, 3.63) is 50.6 Å². The average molecular weight is 210 g/mol. The quantitative estimate of drug-likeness (QED) is 0.506. The molecule has 0 aliphatic carbocycles. The monoisotopic (exact) mass is 210 g/mol. The molecule has 0 amide bonds. The van der Waals surface area contributed by atoms with Crippen molar-refractivity contribution in [3.8, 4) is 0 Å². The molecule has 0 bridgehead atoms. The molecule has 0 spiro atoms. The van der Waals surface area contributed by atoms with E-state index in [9.17, 15) is 0 Å². The highest BCUT2D eigenvalue weighted by atomic mass is 13.5. The molecule has 90 valence electrons. The highest BCUT2D eigenvalue weighted by Gasteiger charge is 1.46. The third kappa shape index (κ3) is 405. The van der Waals surface area contributed by atoms with Crippen LogP contribution in [0.1, 0.15) is 47.0 Å². The van der Waals surface area contributed by atoms with Crippen LogP contribution in [-0.4, -0.2) is 0 Å². The van der Waals surface area contributed by atoms with Gasteiger partial charge in [-0.05, 0) is 26.2 Å². The van der Waals surface area contributed by atoms with Gasteiger partial charge in [0.05, 0.1) is 0 Å². The second-order valence-corrected chi connectivity index (χ2v) is 2.50. The molecule has 0 saturated carbocycles. The lowest BCUT2D eigenvalue weighted by atomic mass is 10.5. The summed E-state index contributed by atoms with van der Waals surface area (Å²) < 4.78 is 0. The van der Waals surface area contributed by atoms with Gasteiger partial charge in [0.25, 0.3) is 0 Å². The van der Waals surface area contributed by atoms with Gasteiger partial charge < -0.3 is 0 Å². The van der Waals surface area contributed by atoms with Crippen LogP contribution in [-0.2, 0) is 0 Å². The standard InChI is InChI=1S/3C4H8.C3H6/c3*1-3-4-2;1-3-2/h3*3H,1,4H2,2H3;3H,1H2,2H3. The predicted molar refractivity (Wildman–Crippen MR) is 77.3 cm³/mol. The van der Waals surface area contributed by atoms with Crippen molar-refractivity contribution in [2.24, 2.45) is 0 Å². The molecule has 0 saturated heterocycles. The Labute approximate surface area is 98.1 Å². The van der Waals surface area contributed by atoms with Crippen LogP contribution in [0.15, 0.2) is 50.6 Å². The first-order chi connectivity index (χ1) is 7.16. The summed E-state index contributed by atoms with van der Waals surface area (Å²) in [6, 6.07) is 0. The van der Waals surface area contributed by atoms with Gasteiger partial charge in [-0.15, -0.1) is 26.3 Å². The maximum absolute atomic E-state index is 3.48. The minimum atomic E-state index is 1.08. The van der Waals surface area contributed by atoms with E-state index in [0.717, 1.165) is 19.3 Å². The molecule has 0 heteroatoms. The topological polar surface area (TPSA) is 0 Å². The van der Waals surface area contributed by atoms with Crippen molar-refractivity contribution < 1.29 is 0 Å². The number of hydrogen-bond acceptors (Lipinski definition) is 0. The fraction of sp³-hybridized carbons (Fsp3) is 0.467. The zero-order valence-corrected chi connectivity index (χ0v) is 11.3. The molecule has 0 heterocycles. The Morgan fingerprint density at radius 1 is 0.667 bits per heavy atom. The largest absolute Gasteiger partial charge is 0.103 e. The molecule has 0 atom stereocenters. The van der Waals surface area contributed by atoms with Gasteiger partial charge in [0.1, 0.15) is 0 Å². The summed E-state index contributed by atoms with van der Waals surface area (Å²) in [5.41, 5.74) is 0. The molecule has 0 fully saturated rings. The maximum atomic E-state index is 3.48. The van der Waals surface area contributed by atoms with E-state index in [0.29, 0.717) is 0 Å². The summed E-state index contributed by atoms with van der Waals surface area (Å²) in [6.45, 7) is 21.9. The van der Waals surface area contributed by atoms with E-state index in [1.54, 1.807) is 6.08 Å². The van der Waals surface area contributed by atoms with E-state index in [-0.39, 0.29) is 0 Å². The molecule has 0 unspecified atom stereocenters. The van der Waals surface area contributed by atoms with Crippen LogP contribution in [0, 0.1) is 0 Å². The molecule has 0 rings (SSSR count). The Morgan fingerprint density at radius 3 is 0.733 bits per heavy atom. The van der Waals surface area contributed by atoms with Gasteiger partial charge in [0, 0.05) is 0 Å². The zero-order chi connectivity index (χ0) is 12.9. The highest BCUT2D eigenvalue weighted by Crippen LogP contribution is 1.67. The fourth-order valence-corrected chi connectivity index (χ4v) is 0. The molecule has 0 N–H and O–H groups in total. The summed E-state index contributed by atoms with van der Waals surface area (Å²) in [5.74, 6) is 0. The first-order valence-electron chi connectivity index (χ1n) is 5.56. The summed E-state index contributed by atoms with van der Waals surface area (Å²) in [5, 5.41) is 0. The second-order valence-electron chi connectivity index (χ2n) is 2.50. The Kier molecular flexibility index (Phi) is 82.2. The molecule has 0 aliphatic rings. The normalized spacial score (nSPS) is 5.87. The van der Waals surface area contributed by atoms with Crippen LogP contribution in [0.4, 0.5) is 0 Å². The molecule has 0 radical (unpaired) electrons. The Morgan fingerprint density at radius 2 is 0.733 bits per heavy atom. The zero-order valence-electron chi connectivity index (χ0n) is 11.3. The average Bonchev–Trinajstić information content (AvgIpc) is 2.30. The minimum Gasteiger partial charge on any atom is -0.103 e. The van der Waals surface area contributed by atoms with Crippen molar-refractivity contribution in [2.75, 3.05) is 0 Å². The van der Waals surface area contributed by atoms with Gasteiger partial charge in [-0.1, -0.05) is 45.1 Å². The van der Waals surface area contributed by atoms with Crippen LogP contribution in [0.5, 0.6) is 0 Å². The van der Waals surface area contributed by atoms with Crippen LogP contribution < -0.4 is 0 Å². The van der Waals surface area contributed by atoms with Gasteiger partial charge in [0.15, 0.2) is 0 Å². The van der Waals surface area contributed by atoms with Gasteiger partial charge >= 0.3 is 0 Å².